The molecule has 0 aliphatic carbocycles. The Morgan fingerprint density at radius 1 is 0.875 bits per heavy atom. The zero-order valence-corrected chi connectivity index (χ0v) is 18.3. The number of amides is 3. The number of rotatable bonds is 6. The molecule has 0 atom stereocenters. The van der Waals surface area contributed by atoms with E-state index < -0.39 is 21.9 Å². The first-order valence-electron chi connectivity index (χ1n) is 10.0. The monoisotopic (exact) mass is 452 g/mol. The van der Waals surface area contributed by atoms with E-state index in [2.05, 4.69) is 0 Å². The average Bonchev–Trinajstić information content (AvgIpc) is 2.81. The van der Waals surface area contributed by atoms with E-state index in [0.29, 0.717) is 29.4 Å². The van der Waals surface area contributed by atoms with Crippen LogP contribution in [0.15, 0.2) is 65.6 Å². The van der Waals surface area contributed by atoms with Gasteiger partial charge in [0.25, 0.3) is 17.7 Å². The van der Waals surface area contributed by atoms with Crippen LogP contribution in [0.1, 0.15) is 44.9 Å². The van der Waals surface area contributed by atoms with Gasteiger partial charge in [0.05, 0.1) is 16.0 Å². The zero-order valence-electron chi connectivity index (χ0n) is 17.4. The molecule has 164 valence electrons. The van der Waals surface area contributed by atoms with Gasteiger partial charge in [-0.05, 0) is 49.6 Å². The summed E-state index contributed by atoms with van der Waals surface area (Å²) in [4.78, 5) is 40.6. The molecule has 0 fully saturated rings. The second-order valence-corrected chi connectivity index (χ2v) is 8.64. The summed E-state index contributed by atoms with van der Waals surface area (Å²) in [6.07, 6.45) is 0. The Bertz CT molecular complexity index is 1330. The number of hydroxylamine groups is 2. The lowest BCUT2D eigenvalue weighted by molar-refractivity contribution is -0.0155. The molecular weight excluding hydrogens is 432 g/mol. The summed E-state index contributed by atoms with van der Waals surface area (Å²) in [5.41, 5.74) is 0.519. The van der Waals surface area contributed by atoms with Gasteiger partial charge in [0.1, 0.15) is 0 Å². The summed E-state index contributed by atoms with van der Waals surface area (Å²) in [5.74, 6) is -2.05. The number of carbonyl (C=O) groups is 3. The lowest BCUT2D eigenvalue weighted by atomic mass is 9.91. The summed E-state index contributed by atoms with van der Waals surface area (Å²) in [5, 5.41) is 1.01. The van der Waals surface area contributed by atoms with Gasteiger partial charge >= 0.3 is 10.1 Å². The molecule has 3 amide bonds. The van der Waals surface area contributed by atoms with E-state index in [-0.39, 0.29) is 27.0 Å². The summed E-state index contributed by atoms with van der Waals surface area (Å²) < 4.78 is 30.2. The Labute approximate surface area is 185 Å². The molecule has 9 heteroatoms. The summed E-state index contributed by atoms with van der Waals surface area (Å²) in [6.45, 7) is 4.74. The van der Waals surface area contributed by atoms with Crippen molar-refractivity contribution in [1.29, 1.82) is 0 Å². The Hall–Kier alpha value is -3.56. The first kappa shape index (κ1) is 21.7. The van der Waals surface area contributed by atoms with E-state index in [4.69, 9.17) is 4.28 Å². The van der Waals surface area contributed by atoms with Crippen LogP contribution in [0.2, 0.25) is 0 Å². The van der Waals surface area contributed by atoms with Crippen LogP contribution in [0.25, 0.3) is 10.8 Å². The number of imide groups is 1. The molecule has 3 aromatic rings. The number of hydrogen-bond donors (Lipinski definition) is 0. The molecule has 32 heavy (non-hydrogen) atoms. The van der Waals surface area contributed by atoms with Crippen LogP contribution in [0.4, 0.5) is 0 Å². The molecule has 0 spiro atoms. The molecule has 0 N–H and O–H groups in total. The van der Waals surface area contributed by atoms with Gasteiger partial charge in [-0.25, -0.2) is 0 Å². The third-order valence-corrected chi connectivity index (χ3v) is 6.55. The molecule has 0 aromatic heterocycles. The van der Waals surface area contributed by atoms with Crippen LogP contribution in [-0.2, 0) is 14.4 Å². The minimum Gasteiger partial charge on any atom is -0.339 e. The average molecular weight is 452 g/mol. The fourth-order valence-electron chi connectivity index (χ4n) is 3.74. The van der Waals surface area contributed by atoms with Gasteiger partial charge in [-0.15, -0.1) is 9.35 Å². The van der Waals surface area contributed by atoms with Gasteiger partial charge < -0.3 is 4.90 Å². The normalized spacial score (nSPS) is 13.5. The van der Waals surface area contributed by atoms with Gasteiger partial charge in [0, 0.05) is 24.0 Å². The van der Waals surface area contributed by atoms with Crippen molar-refractivity contribution in [2.45, 2.75) is 18.7 Å². The molecule has 0 unspecified atom stereocenters. The highest BCUT2D eigenvalue weighted by atomic mass is 32.2. The van der Waals surface area contributed by atoms with Crippen molar-refractivity contribution in [1.82, 2.24) is 9.96 Å². The fraction of sp³-hybridized carbons (Fsp3) is 0.174. The maximum atomic E-state index is 13.1. The van der Waals surface area contributed by atoms with Crippen molar-refractivity contribution in [3.05, 3.63) is 77.4 Å². The molecule has 0 bridgehead atoms. The Kier molecular flexibility index (Phi) is 5.53. The van der Waals surface area contributed by atoms with Crippen molar-refractivity contribution in [2.75, 3.05) is 13.1 Å². The molecule has 1 aliphatic heterocycles. The van der Waals surface area contributed by atoms with E-state index in [1.807, 2.05) is 13.8 Å². The lowest BCUT2D eigenvalue weighted by Crippen LogP contribution is -2.42. The molecule has 3 aromatic carbocycles. The molecule has 1 heterocycles. The van der Waals surface area contributed by atoms with Gasteiger partial charge in [-0.1, -0.05) is 30.3 Å². The van der Waals surface area contributed by atoms with Crippen molar-refractivity contribution in [3.8, 4) is 0 Å². The van der Waals surface area contributed by atoms with E-state index in [1.165, 1.54) is 42.5 Å². The van der Waals surface area contributed by atoms with Crippen LogP contribution in [0, 0.1) is 0 Å². The predicted molar refractivity (Wildman–Crippen MR) is 116 cm³/mol. The van der Waals surface area contributed by atoms with Crippen molar-refractivity contribution in [2.24, 2.45) is 0 Å². The highest BCUT2D eigenvalue weighted by Crippen LogP contribution is 2.33. The van der Waals surface area contributed by atoms with Gasteiger partial charge in [0.15, 0.2) is 0 Å². The van der Waals surface area contributed by atoms with Crippen LogP contribution in [-0.4, -0.2) is 49.2 Å². The smallest absolute Gasteiger partial charge is 0.318 e. The molecule has 0 saturated heterocycles. The first-order valence-corrected chi connectivity index (χ1v) is 11.4. The maximum absolute atomic E-state index is 13.1. The SMILES string of the molecule is CCN(CC)C(=O)c1ccc2c3c(cccc13)C(=O)N(OS(=O)(=O)c1ccccc1)C2=O. The van der Waals surface area contributed by atoms with Crippen molar-refractivity contribution < 1.29 is 27.1 Å². The summed E-state index contributed by atoms with van der Waals surface area (Å²) >= 11 is 0. The van der Waals surface area contributed by atoms with Crippen LogP contribution in [0.3, 0.4) is 0 Å². The zero-order chi connectivity index (χ0) is 23.0. The minimum absolute atomic E-state index is 0.0783. The molecule has 1 aliphatic rings. The topological polar surface area (TPSA) is 101 Å². The number of nitrogens with zero attached hydrogens (tertiary/aromatic N) is 2. The first-order chi connectivity index (χ1) is 15.3. The van der Waals surface area contributed by atoms with E-state index in [0.717, 1.165) is 0 Å². The molecule has 4 rings (SSSR count). The lowest BCUT2D eigenvalue weighted by Gasteiger charge is -2.26. The van der Waals surface area contributed by atoms with E-state index >= 15 is 0 Å². The standard InChI is InChI=1S/C23H20N2O6S/c1-3-24(4-2)21(26)17-13-14-19-20-16(17)11-8-12-18(20)22(27)25(23(19)28)31-32(29,30)15-9-6-5-7-10-15/h5-14H,3-4H2,1-2H3. The van der Waals surface area contributed by atoms with Gasteiger partial charge in [-0.2, -0.15) is 8.42 Å². The van der Waals surface area contributed by atoms with Crippen molar-refractivity contribution in [3.63, 3.8) is 0 Å². The highest BCUT2D eigenvalue weighted by Gasteiger charge is 2.38. The Balaban J connectivity index is 1.81. The Morgan fingerprint density at radius 2 is 1.50 bits per heavy atom. The van der Waals surface area contributed by atoms with Crippen LogP contribution in [0.5, 0.6) is 0 Å². The maximum Gasteiger partial charge on any atom is 0.318 e. The third kappa shape index (κ3) is 3.45. The second-order valence-electron chi connectivity index (χ2n) is 7.11. The van der Waals surface area contributed by atoms with Crippen LogP contribution >= 0.6 is 0 Å². The third-order valence-electron chi connectivity index (χ3n) is 5.36. The van der Waals surface area contributed by atoms with Gasteiger partial charge in [-0.3, -0.25) is 14.4 Å². The Morgan fingerprint density at radius 3 is 2.12 bits per heavy atom. The minimum atomic E-state index is -4.41. The summed E-state index contributed by atoms with van der Waals surface area (Å²) in [6, 6.07) is 14.9. The van der Waals surface area contributed by atoms with Crippen molar-refractivity contribution >= 4 is 38.6 Å². The number of hydrogen-bond acceptors (Lipinski definition) is 6. The number of benzene rings is 3. The molecule has 8 nitrogen and oxygen atoms in total. The molecular formula is C23H20N2O6S. The largest absolute Gasteiger partial charge is 0.339 e. The molecule has 0 saturated carbocycles. The van der Waals surface area contributed by atoms with E-state index in [9.17, 15) is 22.8 Å². The highest BCUT2D eigenvalue weighted by molar-refractivity contribution is 7.86. The quantitative estimate of drug-likeness (QED) is 0.532. The summed E-state index contributed by atoms with van der Waals surface area (Å²) in [7, 11) is -4.41. The van der Waals surface area contributed by atoms with Crippen LogP contribution < -0.4 is 0 Å². The number of carbonyl (C=O) groups excluding carboxylic acids is 3. The second kappa shape index (κ2) is 8.18. The molecule has 0 radical (unpaired) electrons. The van der Waals surface area contributed by atoms with E-state index in [1.54, 1.807) is 23.1 Å². The van der Waals surface area contributed by atoms with Gasteiger partial charge in [0.2, 0.25) is 0 Å². The fourth-order valence-corrected chi connectivity index (χ4v) is 4.65. The predicted octanol–water partition coefficient (Wildman–Crippen LogP) is 3.24.